The van der Waals surface area contributed by atoms with Crippen molar-refractivity contribution in [3.8, 4) is 0 Å². The highest BCUT2D eigenvalue weighted by atomic mass is 35.5. The summed E-state index contributed by atoms with van der Waals surface area (Å²) in [5.74, 6) is -0.924. The van der Waals surface area contributed by atoms with Crippen LogP contribution in [0.3, 0.4) is 0 Å². The first-order chi connectivity index (χ1) is 12.5. The Hall–Kier alpha value is -2.93. The van der Waals surface area contributed by atoms with Gasteiger partial charge in [0.25, 0.3) is 5.91 Å². The average molecular weight is 371 g/mol. The number of aryl methyl sites for hydroxylation is 1. The van der Waals surface area contributed by atoms with E-state index in [2.05, 4.69) is 15.6 Å². The fraction of sp³-hybridized carbons (Fsp3) is 0.222. The Labute approximate surface area is 154 Å². The van der Waals surface area contributed by atoms with Crippen molar-refractivity contribution in [3.05, 3.63) is 58.9 Å². The van der Waals surface area contributed by atoms with Crippen LogP contribution >= 0.6 is 11.6 Å². The first-order valence-corrected chi connectivity index (χ1v) is 8.52. The van der Waals surface area contributed by atoms with Crippen LogP contribution in [0.25, 0.3) is 0 Å². The molecule has 4 amide bonds. The molecule has 0 radical (unpaired) electrons. The Morgan fingerprint density at radius 2 is 2.08 bits per heavy atom. The lowest BCUT2D eigenvalue weighted by atomic mass is 9.92. The molecular weight excluding hydrogens is 356 g/mol. The number of amides is 4. The summed E-state index contributed by atoms with van der Waals surface area (Å²) in [4.78, 5) is 42.5. The third kappa shape index (κ3) is 2.52. The third-order valence-electron chi connectivity index (χ3n) is 4.76. The minimum atomic E-state index is -1.07. The highest BCUT2D eigenvalue weighted by molar-refractivity contribution is 6.32. The van der Waals surface area contributed by atoms with Gasteiger partial charge in [0.1, 0.15) is 12.1 Å². The molecule has 1 aromatic heterocycles. The van der Waals surface area contributed by atoms with E-state index in [-0.39, 0.29) is 11.7 Å². The van der Waals surface area contributed by atoms with Crippen LogP contribution in [-0.2, 0) is 21.5 Å². The number of halogens is 1. The normalized spacial score (nSPS) is 21.0. The number of hydrogen-bond donors (Lipinski definition) is 2. The molecule has 1 spiro atoms. The van der Waals surface area contributed by atoms with E-state index < -0.39 is 23.4 Å². The summed E-state index contributed by atoms with van der Waals surface area (Å²) in [7, 11) is 0. The summed E-state index contributed by atoms with van der Waals surface area (Å²) >= 11 is 5.91. The van der Waals surface area contributed by atoms with Gasteiger partial charge in [-0.25, -0.2) is 9.78 Å². The van der Waals surface area contributed by atoms with E-state index in [0.29, 0.717) is 18.5 Å². The van der Waals surface area contributed by atoms with Gasteiger partial charge >= 0.3 is 6.03 Å². The van der Waals surface area contributed by atoms with Crippen LogP contribution < -0.4 is 10.6 Å². The summed E-state index contributed by atoms with van der Waals surface area (Å²) in [5.41, 5.74) is 1.10. The molecule has 0 saturated carbocycles. The Morgan fingerprint density at radius 3 is 2.88 bits per heavy atom. The van der Waals surface area contributed by atoms with E-state index in [4.69, 9.17) is 11.6 Å². The SMILES string of the molecule is O=C(CN1C(=O)N[C@]2(CCc3ccccc32)C1=O)Nc1cccnc1Cl. The monoisotopic (exact) mass is 370 g/mol. The summed E-state index contributed by atoms with van der Waals surface area (Å²) in [5, 5.41) is 5.49. The van der Waals surface area contributed by atoms with Crippen molar-refractivity contribution in [2.24, 2.45) is 0 Å². The van der Waals surface area contributed by atoms with Gasteiger partial charge in [-0.1, -0.05) is 35.9 Å². The molecule has 2 aromatic rings. The van der Waals surface area contributed by atoms with Gasteiger partial charge in [-0.2, -0.15) is 0 Å². The Kier molecular flexibility index (Phi) is 3.88. The molecule has 7 nitrogen and oxygen atoms in total. The molecule has 132 valence electrons. The maximum absolute atomic E-state index is 13.0. The first-order valence-electron chi connectivity index (χ1n) is 8.14. The molecular formula is C18H15ClN4O3. The first kappa shape index (κ1) is 16.5. The zero-order valence-corrected chi connectivity index (χ0v) is 14.4. The molecule has 1 atom stereocenters. The number of carbonyl (C=O) groups is 3. The number of aromatic nitrogens is 1. The van der Waals surface area contributed by atoms with Crippen LogP contribution in [0, 0.1) is 0 Å². The van der Waals surface area contributed by atoms with Crippen molar-refractivity contribution >= 4 is 35.1 Å². The molecule has 2 aliphatic rings. The number of benzene rings is 1. The number of hydrogen-bond acceptors (Lipinski definition) is 4. The number of imide groups is 1. The summed E-state index contributed by atoms with van der Waals surface area (Å²) in [6.07, 6.45) is 2.69. The van der Waals surface area contributed by atoms with E-state index in [1.54, 1.807) is 12.1 Å². The smallest absolute Gasteiger partial charge is 0.322 e. The second kappa shape index (κ2) is 6.10. The third-order valence-corrected chi connectivity index (χ3v) is 5.06. The van der Waals surface area contributed by atoms with Gasteiger partial charge in [-0.3, -0.25) is 14.5 Å². The number of nitrogens with one attached hydrogen (secondary N) is 2. The Balaban J connectivity index is 1.54. The summed E-state index contributed by atoms with van der Waals surface area (Å²) in [6.45, 7) is -0.389. The summed E-state index contributed by atoms with van der Waals surface area (Å²) in [6, 6.07) is 10.2. The molecule has 2 heterocycles. The standard InChI is InChI=1S/C18H15ClN4O3/c19-15-13(6-3-9-20-15)21-14(24)10-23-16(25)18(22-17(23)26)8-7-11-4-1-2-5-12(11)18/h1-6,9H,7-8,10H2,(H,21,24)(H,22,26)/t18-/m0/s1. The van der Waals surface area contributed by atoms with Crippen molar-refractivity contribution in [2.45, 2.75) is 18.4 Å². The molecule has 0 bridgehead atoms. The number of rotatable bonds is 3. The molecule has 1 saturated heterocycles. The van der Waals surface area contributed by atoms with Gasteiger partial charge in [0.05, 0.1) is 5.69 Å². The maximum Gasteiger partial charge on any atom is 0.325 e. The lowest BCUT2D eigenvalue weighted by Crippen LogP contribution is -2.43. The van der Waals surface area contributed by atoms with Gasteiger partial charge < -0.3 is 10.6 Å². The van der Waals surface area contributed by atoms with E-state index >= 15 is 0 Å². The maximum atomic E-state index is 13.0. The Morgan fingerprint density at radius 1 is 1.27 bits per heavy atom. The van der Waals surface area contributed by atoms with E-state index in [1.807, 2.05) is 24.3 Å². The van der Waals surface area contributed by atoms with Crippen LogP contribution in [0.2, 0.25) is 5.15 Å². The Bertz CT molecular complexity index is 932. The molecule has 1 aliphatic heterocycles. The average Bonchev–Trinajstić information content (AvgIpc) is 3.11. The number of urea groups is 1. The number of fused-ring (bicyclic) bond motifs is 2. The second-order valence-corrected chi connectivity index (χ2v) is 6.63. The molecule has 0 unspecified atom stereocenters. The van der Waals surface area contributed by atoms with Crippen LogP contribution in [0.5, 0.6) is 0 Å². The second-order valence-electron chi connectivity index (χ2n) is 6.27. The zero-order valence-electron chi connectivity index (χ0n) is 13.7. The molecule has 1 fully saturated rings. The quantitative estimate of drug-likeness (QED) is 0.639. The van der Waals surface area contributed by atoms with Crippen LogP contribution in [0.1, 0.15) is 17.5 Å². The van der Waals surface area contributed by atoms with Crippen molar-refractivity contribution in [1.82, 2.24) is 15.2 Å². The fourth-order valence-corrected chi connectivity index (χ4v) is 3.71. The highest BCUT2D eigenvalue weighted by Gasteiger charge is 2.55. The molecule has 2 N–H and O–H groups in total. The molecule has 4 rings (SSSR count). The predicted molar refractivity (Wildman–Crippen MR) is 94.6 cm³/mol. The minimum Gasteiger partial charge on any atom is -0.322 e. The van der Waals surface area contributed by atoms with Crippen LogP contribution in [0.4, 0.5) is 10.5 Å². The molecule has 1 aliphatic carbocycles. The van der Waals surface area contributed by atoms with Gasteiger partial charge in [-0.15, -0.1) is 0 Å². The van der Waals surface area contributed by atoms with Gasteiger partial charge in [0.15, 0.2) is 5.15 Å². The molecule has 1 aromatic carbocycles. The van der Waals surface area contributed by atoms with E-state index in [0.717, 1.165) is 16.0 Å². The lowest BCUT2D eigenvalue weighted by molar-refractivity contribution is -0.134. The zero-order chi connectivity index (χ0) is 18.3. The predicted octanol–water partition coefficient (Wildman–Crippen LogP) is 2.07. The van der Waals surface area contributed by atoms with Gasteiger partial charge in [0.2, 0.25) is 5.91 Å². The number of anilines is 1. The lowest BCUT2D eigenvalue weighted by Gasteiger charge is -2.22. The minimum absolute atomic E-state index is 0.138. The number of pyridine rings is 1. The largest absolute Gasteiger partial charge is 0.325 e. The van der Waals surface area contributed by atoms with Crippen LogP contribution in [0.15, 0.2) is 42.6 Å². The van der Waals surface area contributed by atoms with Crippen molar-refractivity contribution in [2.75, 3.05) is 11.9 Å². The number of carbonyl (C=O) groups excluding carboxylic acids is 3. The van der Waals surface area contributed by atoms with Crippen LogP contribution in [-0.4, -0.2) is 34.3 Å². The fourth-order valence-electron chi connectivity index (χ4n) is 3.55. The topological polar surface area (TPSA) is 91.4 Å². The highest BCUT2D eigenvalue weighted by Crippen LogP contribution is 2.41. The van der Waals surface area contributed by atoms with Gasteiger partial charge in [0, 0.05) is 6.20 Å². The van der Waals surface area contributed by atoms with Crippen molar-refractivity contribution < 1.29 is 14.4 Å². The van der Waals surface area contributed by atoms with Gasteiger partial charge in [-0.05, 0) is 36.1 Å². The van der Waals surface area contributed by atoms with E-state index in [1.165, 1.54) is 6.20 Å². The van der Waals surface area contributed by atoms with E-state index in [9.17, 15) is 14.4 Å². The molecule has 8 heteroatoms. The number of nitrogens with zero attached hydrogens (tertiary/aromatic N) is 2. The van der Waals surface area contributed by atoms with Crippen molar-refractivity contribution in [1.29, 1.82) is 0 Å². The summed E-state index contributed by atoms with van der Waals surface area (Å²) < 4.78 is 0. The van der Waals surface area contributed by atoms with Crippen molar-refractivity contribution in [3.63, 3.8) is 0 Å². The molecule has 26 heavy (non-hydrogen) atoms.